The molecule has 1 N–H and O–H groups in total. The Labute approximate surface area is 229 Å². The topological polar surface area (TPSA) is 88.4 Å². The zero-order chi connectivity index (χ0) is 27.1. The van der Waals surface area contributed by atoms with Crippen molar-refractivity contribution in [1.82, 2.24) is 0 Å². The molecule has 0 saturated heterocycles. The molecule has 38 heavy (non-hydrogen) atoms. The average Bonchev–Trinajstić information content (AvgIpc) is 2.92. The Kier molecular flexibility index (Phi) is 8.57. The second-order valence-electron chi connectivity index (χ2n) is 8.48. The maximum Gasteiger partial charge on any atom is 0.338 e. The number of nitrogens with zero attached hydrogens (tertiary/aromatic N) is 1. The molecule has 0 saturated carbocycles. The molecule has 0 aliphatic heterocycles. The van der Waals surface area contributed by atoms with Gasteiger partial charge in [-0.2, -0.15) is 5.26 Å². The third kappa shape index (κ3) is 6.28. The second-order valence-corrected chi connectivity index (χ2v) is 9.34. The van der Waals surface area contributed by atoms with Gasteiger partial charge in [-0.3, -0.25) is 4.79 Å². The first-order chi connectivity index (χ1) is 18.4. The summed E-state index contributed by atoms with van der Waals surface area (Å²) in [7, 11) is 0. The lowest BCUT2D eigenvalue weighted by Gasteiger charge is -2.13. The highest BCUT2D eigenvalue weighted by molar-refractivity contribution is 9.10. The van der Waals surface area contributed by atoms with Gasteiger partial charge in [0.2, 0.25) is 0 Å². The molecule has 6 nitrogen and oxygen atoms in total. The summed E-state index contributed by atoms with van der Waals surface area (Å²) in [6, 6.07) is 26.0. The van der Waals surface area contributed by atoms with E-state index in [0.29, 0.717) is 33.6 Å². The van der Waals surface area contributed by atoms with E-state index in [1.165, 1.54) is 6.08 Å². The van der Waals surface area contributed by atoms with Crippen LogP contribution in [0.4, 0.5) is 5.69 Å². The maximum atomic E-state index is 12.7. The van der Waals surface area contributed by atoms with Crippen LogP contribution in [0.2, 0.25) is 0 Å². The van der Waals surface area contributed by atoms with Gasteiger partial charge in [0, 0.05) is 11.3 Å². The van der Waals surface area contributed by atoms with Crippen LogP contribution in [-0.2, 0) is 16.1 Å². The standard InChI is InChI=1S/C31H25BrN2O4/c1-3-37-31(36)23-11-13-25(14-12-23)34-30(35)24(18-33)16-21-9-15-29(28(32)17-21)38-19-27-20(2)8-10-22-6-4-5-7-26(22)27/h4-17H,3,19H2,1-2H3,(H,34,35)/b24-16+. The number of ether oxygens (including phenoxy) is 2. The summed E-state index contributed by atoms with van der Waals surface area (Å²) >= 11 is 3.55. The van der Waals surface area contributed by atoms with Crippen LogP contribution >= 0.6 is 15.9 Å². The van der Waals surface area contributed by atoms with E-state index >= 15 is 0 Å². The fourth-order valence-electron chi connectivity index (χ4n) is 3.93. The summed E-state index contributed by atoms with van der Waals surface area (Å²) < 4.78 is 11.8. The minimum absolute atomic E-state index is 0.0635. The van der Waals surface area contributed by atoms with Crippen LogP contribution in [0.1, 0.15) is 34.0 Å². The van der Waals surface area contributed by atoms with Crippen LogP contribution in [0.15, 0.2) is 88.9 Å². The molecule has 0 atom stereocenters. The Balaban J connectivity index is 1.45. The van der Waals surface area contributed by atoms with E-state index in [9.17, 15) is 14.9 Å². The lowest BCUT2D eigenvalue weighted by Crippen LogP contribution is -2.13. The molecule has 7 heteroatoms. The molecule has 0 aromatic heterocycles. The number of nitrogens with one attached hydrogen (secondary N) is 1. The van der Waals surface area contributed by atoms with Gasteiger partial charge < -0.3 is 14.8 Å². The van der Waals surface area contributed by atoms with Crippen molar-refractivity contribution in [3.8, 4) is 11.8 Å². The van der Waals surface area contributed by atoms with Crippen molar-refractivity contribution in [1.29, 1.82) is 5.26 Å². The van der Waals surface area contributed by atoms with E-state index < -0.39 is 11.9 Å². The van der Waals surface area contributed by atoms with E-state index in [4.69, 9.17) is 9.47 Å². The fourth-order valence-corrected chi connectivity index (χ4v) is 4.44. The van der Waals surface area contributed by atoms with Crippen LogP contribution in [0.25, 0.3) is 16.8 Å². The van der Waals surface area contributed by atoms with Crippen molar-refractivity contribution >= 4 is 50.3 Å². The normalized spacial score (nSPS) is 11.1. The van der Waals surface area contributed by atoms with Crippen LogP contribution in [0, 0.1) is 18.3 Å². The second kappa shape index (κ2) is 12.2. The van der Waals surface area contributed by atoms with Gasteiger partial charge in [0.05, 0.1) is 16.6 Å². The molecule has 4 aromatic carbocycles. The Bertz CT molecular complexity index is 1570. The highest BCUT2D eigenvalue weighted by atomic mass is 79.9. The quantitative estimate of drug-likeness (QED) is 0.138. The molecule has 4 aromatic rings. The van der Waals surface area contributed by atoms with Crippen molar-refractivity contribution in [2.75, 3.05) is 11.9 Å². The van der Waals surface area contributed by atoms with Crippen LogP contribution in [0.5, 0.6) is 5.75 Å². The lowest BCUT2D eigenvalue weighted by atomic mass is 10.0. The van der Waals surface area contributed by atoms with E-state index in [-0.39, 0.29) is 12.2 Å². The number of anilines is 1. The third-order valence-electron chi connectivity index (χ3n) is 5.93. The molecular weight excluding hydrogens is 544 g/mol. The number of benzene rings is 4. The fraction of sp³-hybridized carbons (Fsp3) is 0.129. The summed E-state index contributed by atoms with van der Waals surface area (Å²) in [5.74, 6) is -0.341. The maximum absolute atomic E-state index is 12.7. The SMILES string of the molecule is CCOC(=O)c1ccc(NC(=O)/C(C#N)=C/c2ccc(OCc3c(C)ccc4ccccc34)c(Br)c2)cc1. The van der Waals surface area contributed by atoms with Gasteiger partial charge in [-0.15, -0.1) is 0 Å². The molecule has 0 fully saturated rings. The molecular formula is C31H25BrN2O4. The zero-order valence-electron chi connectivity index (χ0n) is 21.0. The van der Waals surface area contributed by atoms with E-state index in [1.54, 1.807) is 49.4 Å². The Morgan fingerprint density at radius 1 is 1.03 bits per heavy atom. The number of esters is 1. The highest BCUT2D eigenvalue weighted by Gasteiger charge is 2.13. The monoisotopic (exact) mass is 568 g/mol. The van der Waals surface area contributed by atoms with Gasteiger partial charge in [-0.25, -0.2) is 4.79 Å². The van der Waals surface area contributed by atoms with Gasteiger partial charge >= 0.3 is 5.97 Å². The number of rotatable bonds is 8. The number of nitriles is 1. The number of aryl methyl sites for hydroxylation is 1. The summed E-state index contributed by atoms with van der Waals surface area (Å²) in [6.45, 7) is 4.48. The number of amides is 1. The smallest absolute Gasteiger partial charge is 0.338 e. The van der Waals surface area contributed by atoms with Crippen LogP contribution in [0.3, 0.4) is 0 Å². The highest BCUT2D eigenvalue weighted by Crippen LogP contribution is 2.30. The number of fused-ring (bicyclic) bond motifs is 1. The minimum Gasteiger partial charge on any atom is -0.488 e. The molecule has 0 aliphatic rings. The van der Waals surface area contributed by atoms with Gasteiger partial charge in [0.15, 0.2) is 0 Å². The molecule has 190 valence electrons. The van der Waals surface area contributed by atoms with E-state index in [0.717, 1.165) is 21.9 Å². The van der Waals surface area contributed by atoms with E-state index in [2.05, 4.69) is 52.4 Å². The van der Waals surface area contributed by atoms with Crippen molar-refractivity contribution < 1.29 is 19.1 Å². The summed E-state index contributed by atoms with van der Waals surface area (Å²) in [5.41, 5.74) is 3.71. The van der Waals surface area contributed by atoms with Gasteiger partial charge in [0.1, 0.15) is 24.0 Å². The van der Waals surface area contributed by atoms with Gasteiger partial charge in [-0.05, 0) is 94.2 Å². The zero-order valence-corrected chi connectivity index (χ0v) is 22.5. The Hall–Kier alpha value is -4.41. The number of carbonyl (C=O) groups is 2. The van der Waals surface area contributed by atoms with Gasteiger partial charge in [0.25, 0.3) is 5.91 Å². The number of hydrogen-bond donors (Lipinski definition) is 1. The van der Waals surface area contributed by atoms with E-state index in [1.807, 2.05) is 18.2 Å². The molecule has 0 heterocycles. The average molecular weight is 569 g/mol. The van der Waals surface area contributed by atoms with Crippen molar-refractivity contribution in [3.05, 3.63) is 111 Å². The number of hydrogen-bond acceptors (Lipinski definition) is 5. The third-order valence-corrected chi connectivity index (χ3v) is 6.55. The largest absolute Gasteiger partial charge is 0.488 e. The van der Waals surface area contributed by atoms with Crippen molar-refractivity contribution in [2.45, 2.75) is 20.5 Å². The lowest BCUT2D eigenvalue weighted by molar-refractivity contribution is -0.112. The van der Waals surface area contributed by atoms with Gasteiger partial charge in [-0.1, -0.05) is 42.5 Å². The number of halogens is 1. The summed E-state index contributed by atoms with van der Waals surface area (Å²) in [6.07, 6.45) is 1.51. The van der Waals surface area contributed by atoms with Crippen molar-refractivity contribution in [2.24, 2.45) is 0 Å². The molecule has 0 bridgehead atoms. The molecule has 0 aliphatic carbocycles. The summed E-state index contributed by atoms with van der Waals surface area (Å²) in [4.78, 5) is 24.5. The summed E-state index contributed by atoms with van der Waals surface area (Å²) in [5, 5.41) is 14.6. The Morgan fingerprint density at radius 2 is 1.79 bits per heavy atom. The first-order valence-corrected chi connectivity index (χ1v) is 12.8. The molecule has 1 amide bonds. The first-order valence-electron chi connectivity index (χ1n) is 12.0. The van der Waals surface area contributed by atoms with Crippen LogP contribution in [-0.4, -0.2) is 18.5 Å². The minimum atomic E-state index is -0.556. The molecule has 0 unspecified atom stereocenters. The molecule has 0 radical (unpaired) electrons. The first kappa shape index (κ1) is 26.6. The Morgan fingerprint density at radius 3 is 2.50 bits per heavy atom. The predicted octanol–water partition coefficient (Wildman–Crippen LogP) is 7.21. The number of carbonyl (C=O) groups excluding carboxylic acids is 2. The van der Waals surface area contributed by atoms with Crippen molar-refractivity contribution in [3.63, 3.8) is 0 Å². The molecule has 0 spiro atoms. The predicted molar refractivity (Wildman–Crippen MR) is 152 cm³/mol. The molecule has 4 rings (SSSR count). The van der Waals surface area contributed by atoms with Crippen LogP contribution < -0.4 is 10.1 Å².